The maximum Gasteiger partial charge on any atom is 0.246 e. The molecule has 1 fully saturated rings. The molecule has 0 saturated carbocycles. The third-order valence-corrected chi connectivity index (χ3v) is 8.93. The summed E-state index contributed by atoms with van der Waals surface area (Å²) in [6.07, 6.45) is 8.97. The number of pyridine rings is 1. The zero-order chi connectivity index (χ0) is 36.3. The second-order valence-electron chi connectivity index (χ2n) is 12.7. The third kappa shape index (κ3) is 10.5. The first-order chi connectivity index (χ1) is 25.3. The van der Waals surface area contributed by atoms with Crippen LogP contribution in [0.15, 0.2) is 115 Å². The van der Waals surface area contributed by atoms with E-state index in [1.54, 1.807) is 42.6 Å². The van der Waals surface area contributed by atoms with E-state index in [1.807, 2.05) is 48.2 Å². The van der Waals surface area contributed by atoms with E-state index in [1.165, 1.54) is 23.3 Å². The SMILES string of the molecule is Cc1ccc(COc2ccc(Oc3c(C)cc(C=CC(=O)N4CCN(Cc5ccc(C=CCOc6ccc(F)cc6)cc5)CC4)cc3Cl)nc2)cc1. The van der Waals surface area contributed by atoms with Gasteiger partial charge in [-0.15, -0.1) is 0 Å². The Balaban J connectivity index is 0.930. The summed E-state index contributed by atoms with van der Waals surface area (Å²) in [5.41, 5.74) is 6.23. The maximum atomic E-state index is 13.0. The number of rotatable bonds is 13. The summed E-state index contributed by atoms with van der Waals surface area (Å²) in [5.74, 6) is 1.89. The standard InChI is InChI=1S/C43H41ClFN3O4/c1-31-5-7-35(8-6-31)30-51-39-18-19-41(46-28-39)52-43-32(2)26-36(27-40(43)44)13-20-42(49)48-23-21-47(22-24-48)29-34-11-9-33(10-12-34)4-3-25-50-38-16-14-37(45)15-17-38/h3-20,26-28H,21-25,29-30H2,1-2H3. The number of carbonyl (C=O) groups excluding carboxylic acids is 1. The molecule has 1 saturated heterocycles. The molecule has 4 aromatic carbocycles. The molecule has 0 bridgehead atoms. The summed E-state index contributed by atoms with van der Waals surface area (Å²) in [5, 5.41) is 0.433. The minimum Gasteiger partial charge on any atom is -0.490 e. The van der Waals surface area contributed by atoms with Gasteiger partial charge in [-0.05, 0) is 96.3 Å². The van der Waals surface area contributed by atoms with Gasteiger partial charge in [-0.25, -0.2) is 9.37 Å². The predicted molar refractivity (Wildman–Crippen MR) is 204 cm³/mol. The van der Waals surface area contributed by atoms with Crippen LogP contribution in [-0.2, 0) is 17.9 Å². The van der Waals surface area contributed by atoms with Crippen LogP contribution in [0.25, 0.3) is 12.2 Å². The highest BCUT2D eigenvalue weighted by Crippen LogP contribution is 2.34. The zero-order valence-electron chi connectivity index (χ0n) is 29.3. The van der Waals surface area contributed by atoms with Crippen molar-refractivity contribution in [2.45, 2.75) is 27.0 Å². The zero-order valence-corrected chi connectivity index (χ0v) is 30.1. The molecule has 0 aliphatic carbocycles. The Bertz CT molecular complexity index is 1970. The van der Waals surface area contributed by atoms with Crippen LogP contribution in [0.3, 0.4) is 0 Å². The van der Waals surface area contributed by atoms with Gasteiger partial charge in [0.05, 0.1) is 11.2 Å². The predicted octanol–water partition coefficient (Wildman–Crippen LogP) is 9.31. The monoisotopic (exact) mass is 717 g/mol. The minimum absolute atomic E-state index is 0.0258. The van der Waals surface area contributed by atoms with Crippen LogP contribution >= 0.6 is 11.6 Å². The molecular formula is C43H41ClFN3O4. The van der Waals surface area contributed by atoms with Crippen molar-refractivity contribution in [2.75, 3.05) is 32.8 Å². The molecule has 0 radical (unpaired) electrons. The van der Waals surface area contributed by atoms with E-state index in [9.17, 15) is 9.18 Å². The number of piperazine rings is 1. The average Bonchev–Trinajstić information content (AvgIpc) is 3.16. The Hall–Kier alpha value is -5.44. The summed E-state index contributed by atoms with van der Waals surface area (Å²) in [4.78, 5) is 21.7. The van der Waals surface area contributed by atoms with Gasteiger partial charge >= 0.3 is 0 Å². The lowest BCUT2D eigenvalue weighted by molar-refractivity contribution is -0.127. The minimum atomic E-state index is -0.281. The van der Waals surface area contributed by atoms with Crippen molar-refractivity contribution in [2.24, 2.45) is 0 Å². The molecular weight excluding hydrogens is 677 g/mol. The number of nitrogens with zero attached hydrogens (tertiary/aromatic N) is 3. The summed E-state index contributed by atoms with van der Waals surface area (Å²) < 4.78 is 30.5. The van der Waals surface area contributed by atoms with E-state index in [0.717, 1.165) is 41.9 Å². The van der Waals surface area contributed by atoms with E-state index < -0.39 is 0 Å². The molecule has 1 aliphatic heterocycles. The number of ether oxygens (including phenoxy) is 3. The van der Waals surface area contributed by atoms with Crippen molar-refractivity contribution in [3.8, 4) is 23.1 Å². The number of amides is 1. The van der Waals surface area contributed by atoms with Crippen LogP contribution in [0.2, 0.25) is 5.02 Å². The van der Waals surface area contributed by atoms with Gasteiger partial charge < -0.3 is 19.1 Å². The molecule has 2 heterocycles. The van der Waals surface area contributed by atoms with Crippen molar-refractivity contribution in [3.05, 3.63) is 160 Å². The molecule has 0 N–H and O–H groups in total. The highest BCUT2D eigenvalue weighted by molar-refractivity contribution is 6.32. The lowest BCUT2D eigenvalue weighted by Crippen LogP contribution is -2.47. The van der Waals surface area contributed by atoms with Gasteiger partial charge in [-0.2, -0.15) is 0 Å². The second-order valence-corrected chi connectivity index (χ2v) is 13.1. The average molecular weight is 718 g/mol. The smallest absolute Gasteiger partial charge is 0.246 e. The number of aryl methyl sites for hydroxylation is 2. The van der Waals surface area contributed by atoms with Crippen LogP contribution in [0, 0.1) is 19.7 Å². The van der Waals surface area contributed by atoms with Crippen molar-refractivity contribution >= 4 is 29.7 Å². The Labute approximate surface area is 309 Å². The second kappa shape index (κ2) is 17.7. The maximum absolute atomic E-state index is 13.0. The van der Waals surface area contributed by atoms with Gasteiger partial charge in [0.15, 0.2) is 5.75 Å². The van der Waals surface area contributed by atoms with Gasteiger partial charge in [0.1, 0.15) is 30.5 Å². The number of hydrogen-bond donors (Lipinski definition) is 0. The normalized spacial score (nSPS) is 13.5. The van der Waals surface area contributed by atoms with Crippen LogP contribution in [0.5, 0.6) is 23.1 Å². The van der Waals surface area contributed by atoms with Gasteiger partial charge in [-0.1, -0.05) is 71.8 Å². The Morgan fingerprint density at radius 1 is 0.808 bits per heavy atom. The molecule has 7 nitrogen and oxygen atoms in total. The fourth-order valence-electron chi connectivity index (χ4n) is 5.70. The molecule has 1 aromatic heterocycles. The highest BCUT2D eigenvalue weighted by Gasteiger charge is 2.20. The Morgan fingerprint density at radius 3 is 2.21 bits per heavy atom. The van der Waals surface area contributed by atoms with Gasteiger partial charge in [0, 0.05) is 44.9 Å². The first kappa shape index (κ1) is 36.4. The lowest BCUT2D eigenvalue weighted by Gasteiger charge is -2.34. The van der Waals surface area contributed by atoms with E-state index in [0.29, 0.717) is 54.5 Å². The Kier molecular flexibility index (Phi) is 12.4. The lowest BCUT2D eigenvalue weighted by atomic mass is 10.1. The van der Waals surface area contributed by atoms with Crippen LogP contribution in [0.4, 0.5) is 4.39 Å². The Morgan fingerprint density at radius 2 is 1.52 bits per heavy atom. The largest absolute Gasteiger partial charge is 0.490 e. The van der Waals surface area contributed by atoms with Crippen LogP contribution < -0.4 is 14.2 Å². The van der Waals surface area contributed by atoms with Crippen LogP contribution in [-0.4, -0.2) is 53.5 Å². The molecule has 0 unspecified atom stereocenters. The summed E-state index contributed by atoms with van der Waals surface area (Å²) in [6, 6.07) is 29.9. The number of benzene rings is 4. The fraction of sp³-hybridized carbons (Fsp3) is 0.209. The first-order valence-corrected chi connectivity index (χ1v) is 17.6. The van der Waals surface area contributed by atoms with E-state index >= 15 is 0 Å². The first-order valence-electron chi connectivity index (χ1n) is 17.2. The summed E-state index contributed by atoms with van der Waals surface area (Å²) in [7, 11) is 0. The number of hydrogen-bond acceptors (Lipinski definition) is 6. The third-order valence-electron chi connectivity index (χ3n) is 8.65. The number of halogens is 2. The van der Waals surface area contributed by atoms with Crippen LogP contribution in [0.1, 0.15) is 33.4 Å². The van der Waals surface area contributed by atoms with Crippen molar-refractivity contribution in [1.82, 2.24) is 14.8 Å². The molecule has 1 aliphatic rings. The molecule has 6 rings (SSSR count). The highest BCUT2D eigenvalue weighted by atomic mass is 35.5. The van der Waals surface area contributed by atoms with E-state index in [2.05, 4.69) is 53.2 Å². The molecule has 0 spiro atoms. The molecule has 266 valence electrons. The van der Waals surface area contributed by atoms with E-state index in [-0.39, 0.29) is 11.7 Å². The topological polar surface area (TPSA) is 64.1 Å². The molecule has 9 heteroatoms. The number of aromatic nitrogens is 1. The van der Waals surface area contributed by atoms with Crippen molar-refractivity contribution in [3.63, 3.8) is 0 Å². The summed E-state index contributed by atoms with van der Waals surface area (Å²) in [6.45, 7) is 8.57. The molecule has 1 amide bonds. The quantitative estimate of drug-likeness (QED) is 0.113. The van der Waals surface area contributed by atoms with Crippen molar-refractivity contribution < 1.29 is 23.4 Å². The molecule has 5 aromatic rings. The van der Waals surface area contributed by atoms with E-state index in [4.69, 9.17) is 25.8 Å². The summed E-state index contributed by atoms with van der Waals surface area (Å²) >= 11 is 6.62. The van der Waals surface area contributed by atoms with Gasteiger partial charge in [0.25, 0.3) is 0 Å². The van der Waals surface area contributed by atoms with Gasteiger partial charge in [-0.3, -0.25) is 9.69 Å². The number of carbonyl (C=O) groups is 1. The molecule has 0 atom stereocenters. The van der Waals surface area contributed by atoms with Gasteiger partial charge in [0.2, 0.25) is 11.8 Å². The fourth-order valence-corrected chi connectivity index (χ4v) is 6.02. The van der Waals surface area contributed by atoms with Crippen molar-refractivity contribution in [1.29, 1.82) is 0 Å². The molecule has 52 heavy (non-hydrogen) atoms.